The molecular formula is C18H27NOS. The minimum atomic E-state index is 0.422. The van der Waals surface area contributed by atoms with E-state index in [1.807, 2.05) is 11.8 Å². The molecule has 1 atom stereocenters. The molecule has 0 amide bonds. The van der Waals surface area contributed by atoms with Gasteiger partial charge in [0.1, 0.15) is 0 Å². The van der Waals surface area contributed by atoms with E-state index in [0.29, 0.717) is 11.5 Å². The van der Waals surface area contributed by atoms with E-state index in [-0.39, 0.29) is 0 Å². The molecule has 2 aliphatic heterocycles. The first kappa shape index (κ1) is 15.4. The zero-order chi connectivity index (χ0) is 14.7. The summed E-state index contributed by atoms with van der Waals surface area (Å²) in [4.78, 5) is 1.50. The van der Waals surface area contributed by atoms with Crippen LogP contribution in [0.2, 0.25) is 0 Å². The zero-order valence-electron chi connectivity index (χ0n) is 13.2. The zero-order valence-corrected chi connectivity index (χ0v) is 14.0. The SMILES string of the molecule is CC(C)NCC1(CC2CSc3ccccc32)CCOCC1. The Balaban J connectivity index is 1.73. The highest BCUT2D eigenvalue weighted by atomic mass is 32.2. The Kier molecular flexibility index (Phi) is 4.92. The molecule has 0 spiro atoms. The van der Waals surface area contributed by atoms with E-state index in [1.165, 1.54) is 29.9 Å². The van der Waals surface area contributed by atoms with E-state index < -0.39 is 0 Å². The molecule has 21 heavy (non-hydrogen) atoms. The standard InChI is InChI=1S/C18H27NOS/c1-14(2)19-13-18(7-9-20-10-8-18)11-15-12-21-17-6-4-3-5-16(15)17/h3-6,14-15,19H,7-13H2,1-2H3. The van der Waals surface area contributed by atoms with Crippen LogP contribution in [-0.2, 0) is 4.74 Å². The molecule has 0 aliphatic carbocycles. The van der Waals surface area contributed by atoms with Gasteiger partial charge in [-0.15, -0.1) is 11.8 Å². The number of thioether (sulfide) groups is 1. The van der Waals surface area contributed by atoms with Crippen molar-refractivity contribution in [3.63, 3.8) is 0 Å². The lowest BCUT2D eigenvalue weighted by Gasteiger charge is -2.40. The molecule has 0 radical (unpaired) electrons. The Hall–Kier alpha value is -0.510. The summed E-state index contributed by atoms with van der Waals surface area (Å²) < 4.78 is 5.63. The van der Waals surface area contributed by atoms with E-state index in [1.54, 1.807) is 5.56 Å². The molecule has 1 aromatic rings. The fourth-order valence-corrected chi connectivity index (χ4v) is 4.85. The van der Waals surface area contributed by atoms with Crippen molar-refractivity contribution in [3.8, 4) is 0 Å². The topological polar surface area (TPSA) is 21.3 Å². The average molecular weight is 305 g/mol. The van der Waals surface area contributed by atoms with E-state index in [0.717, 1.165) is 25.7 Å². The predicted molar refractivity (Wildman–Crippen MR) is 90.1 cm³/mol. The van der Waals surface area contributed by atoms with Crippen LogP contribution >= 0.6 is 11.8 Å². The van der Waals surface area contributed by atoms with Crippen LogP contribution in [0.5, 0.6) is 0 Å². The molecule has 1 aromatic carbocycles. The Morgan fingerprint density at radius 3 is 2.81 bits per heavy atom. The quantitative estimate of drug-likeness (QED) is 0.886. The summed E-state index contributed by atoms with van der Waals surface area (Å²) in [7, 11) is 0. The maximum atomic E-state index is 5.63. The van der Waals surface area contributed by atoms with Crippen molar-refractivity contribution in [1.82, 2.24) is 5.32 Å². The van der Waals surface area contributed by atoms with Gasteiger partial charge in [-0.2, -0.15) is 0 Å². The lowest BCUT2D eigenvalue weighted by Crippen LogP contribution is -2.42. The second-order valence-electron chi connectivity index (χ2n) is 6.90. The van der Waals surface area contributed by atoms with Crippen molar-refractivity contribution in [3.05, 3.63) is 29.8 Å². The number of hydrogen-bond donors (Lipinski definition) is 1. The molecule has 1 N–H and O–H groups in total. The molecule has 2 heterocycles. The number of fused-ring (bicyclic) bond motifs is 1. The molecule has 2 nitrogen and oxygen atoms in total. The number of benzene rings is 1. The van der Waals surface area contributed by atoms with Crippen LogP contribution in [0.1, 0.15) is 44.6 Å². The van der Waals surface area contributed by atoms with Crippen LogP contribution in [0.4, 0.5) is 0 Å². The summed E-state index contributed by atoms with van der Waals surface area (Å²) in [5, 5.41) is 3.69. The second-order valence-corrected chi connectivity index (χ2v) is 7.96. The fourth-order valence-electron chi connectivity index (χ4n) is 3.60. The normalized spacial score (nSPS) is 24.2. The van der Waals surface area contributed by atoms with Gasteiger partial charge in [0, 0.05) is 36.4 Å². The second kappa shape index (κ2) is 6.72. The molecule has 0 saturated carbocycles. The van der Waals surface area contributed by atoms with E-state index in [9.17, 15) is 0 Å². The third kappa shape index (κ3) is 3.64. The molecule has 1 saturated heterocycles. The van der Waals surface area contributed by atoms with Crippen LogP contribution < -0.4 is 5.32 Å². The number of rotatable bonds is 5. The first-order chi connectivity index (χ1) is 10.2. The van der Waals surface area contributed by atoms with E-state index in [2.05, 4.69) is 43.4 Å². The van der Waals surface area contributed by atoms with Gasteiger partial charge in [0.2, 0.25) is 0 Å². The Bertz CT molecular complexity index is 468. The molecule has 1 unspecified atom stereocenters. The van der Waals surface area contributed by atoms with Crippen molar-refractivity contribution >= 4 is 11.8 Å². The first-order valence-corrected chi connectivity index (χ1v) is 9.20. The summed E-state index contributed by atoms with van der Waals surface area (Å²) in [5.74, 6) is 1.97. The Labute approximate surface area is 133 Å². The summed E-state index contributed by atoms with van der Waals surface area (Å²) >= 11 is 2.04. The summed E-state index contributed by atoms with van der Waals surface area (Å²) in [6.45, 7) is 7.49. The number of nitrogens with one attached hydrogen (secondary N) is 1. The highest BCUT2D eigenvalue weighted by Crippen LogP contribution is 2.47. The number of ether oxygens (including phenoxy) is 1. The van der Waals surface area contributed by atoms with Crippen LogP contribution in [0.25, 0.3) is 0 Å². The summed E-state index contributed by atoms with van der Waals surface area (Å²) in [6, 6.07) is 9.54. The maximum absolute atomic E-state index is 5.63. The van der Waals surface area contributed by atoms with Crippen molar-refractivity contribution in [2.45, 2.75) is 50.0 Å². The van der Waals surface area contributed by atoms with Gasteiger partial charge in [0.15, 0.2) is 0 Å². The van der Waals surface area contributed by atoms with Gasteiger partial charge in [0.25, 0.3) is 0 Å². The molecule has 3 heteroatoms. The predicted octanol–water partition coefficient (Wildman–Crippen LogP) is 4.06. The summed E-state index contributed by atoms with van der Waals surface area (Å²) in [6.07, 6.45) is 3.71. The van der Waals surface area contributed by atoms with Gasteiger partial charge in [-0.25, -0.2) is 0 Å². The first-order valence-electron chi connectivity index (χ1n) is 8.21. The van der Waals surface area contributed by atoms with Crippen molar-refractivity contribution in [2.75, 3.05) is 25.5 Å². The minimum Gasteiger partial charge on any atom is -0.381 e. The molecule has 116 valence electrons. The monoisotopic (exact) mass is 305 g/mol. The fraction of sp³-hybridized carbons (Fsp3) is 0.667. The molecule has 1 fully saturated rings. The van der Waals surface area contributed by atoms with Gasteiger partial charge in [0.05, 0.1) is 0 Å². The summed E-state index contributed by atoms with van der Waals surface area (Å²) in [5.41, 5.74) is 2.00. The molecule has 2 aliphatic rings. The Morgan fingerprint density at radius 2 is 2.05 bits per heavy atom. The maximum Gasteiger partial charge on any atom is 0.0471 e. The third-order valence-electron chi connectivity index (χ3n) is 4.92. The highest BCUT2D eigenvalue weighted by Gasteiger charge is 2.37. The minimum absolute atomic E-state index is 0.422. The average Bonchev–Trinajstić information content (AvgIpc) is 2.90. The van der Waals surface area contributed by atoms with Crippen LogP contribution in [0.3, 0.4) is 0 Å². The van der Waals surface area contributed by atoms with E-state index in [4.69, 9.17) is 4.74 Å². The smallest absolute Gasteiger partial charge is 0.0471 e. The number of hydrogen-bond acceptors (Lipinski definition) is 3. The Morgan fingerprint density at radius 1 is 1.29 bits per heavy atom. The molecule has 0 aromatic heterocycles. The lowest BCUT2D eigenvalue weighted by atomic mass is 9.72. The van der Waals surface area contributed by atoms with Crippen LogP contribution in [0, 0.1) is 5.41 Å². The van der Waals surface area contributed by atoms with Gasteiger partial charge >= 0.3 is 0 Å². The van der Waals surface area contributed by atoms with Gasteiger partial charge in [-0.05, 0) is 42.2 Å². The van der Waals surface area contributed by atoms with E-state index >= 15 is 0 Å². The molecule has 3 rings (SSSR count). The molecule has 0 bridgehead atoms. The van der Waals surface area contributed by atoms with Crippen molar-refractivity contribution in [2.24, 2.45) is 5.41 Å². The van der Waals surface area contributed by atoms with Crippen molar-refractivity contribution in [1.29, 1.82) is 0 Å². The van der Waals surface area contributed by atoms with Crippen LogP contribution in [-0.4, -0.2) is 31.6 Å². The van der Waals surface area contributed by atoms with Crippen LogP contribution in [0.15, 0.2) is 29.2 Å². The van der Waals surface area contributed by atoms with Crippen molar-refractivity contribution < 1.29 is 4.74 Å². The van der Waals surface area contributed by atoms with Gasteiger partial charge in [-0.1, -0.05) is 32.0 Å². The van der Waals surface area contributed by atoms with Gasteiger partial charge < -0.3 is 10.1 Å². The third-order valence-corrected chi connectivity index (χ3v) is 6.17. The van der Waals surface area contributed by atoms with Gasteiger partial charge in [-0.3, -0.25) is 0 Å². The highest BCUT2D eigenvalue weighted by molar-refractivity contribution is 7.99. The molecular weight excluding hydrogens is 278 g/mol. The lowest BCUT2D eigenvalue weighted by molar-refractivity contribution is 0.00693. The largest absolute Gasteiger partial charge is 0.381 e.